The van der Waals surface area contributed by atoms with E-state index in [-0.39, 0.29) is 10.6 Å². The number of para-hydroxylation sites is 1. The number of nitro groups is 1. The highest BCUT2D eigenvalue weighted by molar-refractivity contribution is 8.00. The van der Waals surface area contributed by atoms with Crippen LogP contribution in [0.2, 0.25) is 0 Å². The molecule has 0 spiro atoms. The summed E-state index contributed by atoms with van der Waals surface area (Å²) in [5.74, 6) is 0.817. The molecule has 7 heteroatoms. The van der Waals surface area contributed by atoms with E-state index in [1.807, 2.05) is 12.1 Å². The number of rotatable bonds is 4. The molecule has 24 heavy (non-hydrogen) atoms. The third kappa shape index (κ3) is 2.65. The third-order valence-corrected chi connectivity index (χ3v) is 6.12. The van der Waals surface area contributed by atoms with Gasteiger partial charge in [0.1, 0.15) is 0 Å². The van der Waals surface area contributed by atoms with Crippen molar-refractivity contribution in [2.24, 2.45) is 0 Å². The van der Waals surface area contributed by atoms with E-state index in [1.165, 1.54) is 34.0 Å². The average molecular weight is 355 g/mol. The Morgan fingerprint density at radius 2 is 2.12 bits per heavy atom. The van der Waals surface area contributed by atoms with Crippen LogP contribution < -0.4 is 0 Å². The molecule has 0 aliphatic heterocycles. The predicted molar refractivity (Wildman–Crippen MR) is 98.9 cm³/mol. The van der Waals surface area contributed by atoms with Crippen LogP contribution in [0.1, 0.15) is 11.3 Å². The molecule has 2 heterocycles. The molecule has 0 aliphatic carbocycles. The number of nitrogens with one attached hydrogen (secondary N) is 1. The minimum atomic E-state index is -0.374. The van der Waals surface area contributed by atoms with Crippen molar-refractivity contribution < 1.29 is 4.92 Å². The van der Waals surface area contributed by atoms with Gasteiger partial charge >= 0.3 is 0 Å². The molecule has 2 aromatic carbocycles. The lowest BCUT2D eigenvalue weighted by Gasteiger charge is -1.99. The number of nitro benzene ring substituents is 1. The van der Waals surface area contributed by atoms with Crippen molar-refractivity contribution in [1.29, 1.82) is 0 Å². The van der Waals surface area contributed by atoms with Crippen molar-refractivity contribution >= 4 is 49.9 Å². The monoisotopic (exact) mass is 355 g/mol. The number of aryl methyl sites for hydroxylation is 1. The van der Waals surface area contributed by atoms with Crippen LogP contribution in [0, 0.1) is 17.0 Å². The molecular weight excluding hydrogens is 342 g/mol. The smallest absolute Gasteiger partial charge is 0.270 e. The molecule has 4 rings (SSSR count). The normalized spacial score (nSPS) is 11.4. The van der Waals surface area contributed by atoms with E-state index in [9.17, 15) is 10.1 Å². The number of H-pyrrole nitrogens is 1. The lowest BCUT2D eigenvalue weighted by Crippen LogP contribution is -1.85. The lowest BCUT2D eigenvalue weighted by atomic mass is 10.1. The first-order valence-electron chi connectivity index (χ1n) is 7.36. The summed E-state index contributed by atoms with van der Waals surface area (Å²) < 4.78 is 1.78. The Bertz CT molecular complexity index is 1070. The molecule has 1 N–H and O–H groups in total. The maximum absolute atomic E-state index is 10.9. The number of nitrogens with zero attached hydrogens (tertiary/aromatic N) is 2. The number of hydrogen-bond acceptors (Lipinski definition) is 5. The number of aromatic nitrogens is 2. The number of non-ortho nitro benzene ring substituents is 1. The van der Waals surface area contributed by atoms with Gasteiger partial charge in [-0.25, -0.2) is 4.98 Å². The number of thioether (sulfide) groups is 1. The van der Waals surface area contributed by atoms with Gasteiger partial charge in [-0.3, -0.25) is 10.1 Å². The first-order chi connectivity index (χ1) is 11.6. The fourth-order valence-electron chi connectivity index (χ4n) is 2.72. The minimum Gasteiger partial charge on any atom is -0.358 e. The molecule has 0 fully saturated rings. The number of benzene rings is 2. The van der Waals surface area contributed by atoms with E-state index in [2.05, 4.69) is 29.0 Å². The molecule has 4 aromatic rings. The quantitative estimate of drug-likeness (QED) is 0.307. The summed E-state index contributed by atoms with van der Waals surface area (Å²) in [5, 5.41) is 12.1. The number of aromatic amines is 1. The van der Waals surface area contributed by atoms with Gasteiger partial charge in [0.05, 0.1) is 15.1 Å². The van der Waals surface area contributed by atoms with E-state index >= 15 is 0 Å². The van der Waals surface area contributed by atoms with Gasteiger partial charge in [-0.05, 0) is 24.6 Å². The van der Waals surface area contributed by atoms with E-state index in [1.54, 1.807) is 23.9 Å². The second-order valence-electron chi connectivity index (χ2n) is 5.45. The Hall–Kier alpha value is -2.38. The molecule has 0 unspecified atom stereocenters. The maximum Gasteiger partial charge on any atom is 0.270 e. The summed E-state index contributed by atoms with van der Waals surface area (Å²) in [7, 11) is 0. The van der Waals surface area contributed by atoms with E-state index in [0.29, 0.717) is 0 Å². The van der Waals surface area contributed by atoms with E-state index < -0.39 is 0 Å². The van der Waals surface area contributed by atoms with Gasteiger partial charge in [-0.1, -0.05) is 30.0 Å². The van der Waals surface area contributed by atoms with Crippen LogP contribution >= 0.6 is 23.1 Å². The summed E-state index contributed by atoms with van der Waals surface area (Å²) in [6.45, 7) is 2.08. The van der Waals surface area contributed by atoms with Gasteiger partial charge < -0.3 is 4.98 Å². The van der Waals surface area contributed by atoms with Crippen molar-refractivity contribution in [3.63, 3.8) is 0 Å². The largest absolute Gasteiger partial charge is 0.358 e. The van der Waals surface area contributed by atoms with Crippen LogP contribution in [0.4, 0.5) is 5.69 Å². The molecule has 0 atom stereocenters. The topological polar surface area (TPSA) is 71.8 Å². The molecule has 0 radical (unpaired) electrons. The molecule has 0 saturated heterocycles. The fourth-order valence-corrected chi connectivity index (χ4v) is 4.94. The Labute approximate surface area is 145 Å². The zero-order valence-corrected chi connectivity index (χ0v) is 14.4. The van der Waals surface area contributed by atoms with Crippen molar-refractivity contribution in [3.8, 4) is 0 Å². The summed E-state index contributed by atoms with van der Waals surface area (Å²) in [5.41, 5.74) is 4.51. The maximum atomic E-state index is 10.9. The lowest BCUT2D eigenvalue weighted by molar-refractivity contribution is -0.384. The molecule has 0 saturated carbocycles. The molecule has 0 amide bonds. The van der Waals surface area contributed by atoms with E-state index in [4.69, 9.17) is 0 Å². The standard InChI is InChI=1S/C17H13N3O2S2/c1-10-13(12-4-2-3-5-14(12)18-10)9-23-17-19-15-7-6-11(20(21)22)8-16(15)24-17/h2-8,18H,9H2,1H3. The predicted octanol–water partition coefficient (Wildman–Crippen LogP) is 5.29. The van der Waals surface area contributed by atoms with Crippen molar-refractivity contribution in [2.75, 3.05) is 0 Å². The zero-order valence-electron chi connectivity index (χ0n) is 12.8. The number of hydrogen-bond donors (Lipinski definition) is 1. The van der Waals surface area contributed by atoms with Gasteiger partial charge in [-0.15, -0.1) is 11.3 Å². The summed E-state index contributed by atoms with van der Waals surface area (Å²) in [4.78, 5) is 18.5. The van der Waals surface area contributed by atoms with Crippen molar-refractivity contribution in [1.82, 2.24) is 9.97 Å². The van der Waals surface area contributed by atoms with Crippen LogP contribution in [0.15, 0.2) is 46.8 Å². The Balaban J connectivity index is 1.62. The molecule has 120 valence electrons. The zero-order chi connectivity index (χ0) is 16.7. The Kier molecular flexibility index (Phi) is 3.74. The third-order valence-electron chi connectivity index (χ3n) is 3.93. The summed E-state index contributed by atoms with van der Waals surface area (Å²) >= 11 is 3.16. The second kappa shape index (κ2) is 5.92. The van der Waals surface area contributed by atoms with Gasteiger partial charge in [0.2, 0.25) is 0 Å². The fraction of sp³-hybridized carbons (Fsp3) is 0.118. The van der Waals surface area contributed by atoms with Crippen LogP contribution in [0.3, 0.4) is 0 Å². The Morgan fingerprint density at radius 1 is 1.29 bits per heavy atom. The number of fused-ring (bicyclic) bond motifs is 2. The van der Waals surface area contributed by atoms with Crippen molar-refractivity contribution in [2.45, 2.75) is 17.0 Å². The van der Waals surface area contributed by atoms with Gasteiger partial charge in [0.15, 0.2) is 4.34 Å². The summed E-state index contributed by atoms with van der Waals surface area (Å²) in [6, 6.07) is 13.1. The van der Waals surface area contributed by atoms with Crippen LogP contribution in [0.25, 0.3) is 21.1 Å². The Morgan fingerprint density at radius 3 is 2.96 bits per heavy atom. The van der Waals surface area contributed by atoms with Gasteiger partial charge in [0, 0.05) is 34.5 Å². The molecule has 0 aliphatic rings. The average Bonchev–Trinajstić information content (AvgIpc) is 3.11. The molecule has 0 bridgehead atoms. The SMILES string of the molecule is Cc1[nH]c2ccccc2c1CSc1nc2ccc([N+](=O)[O-])cc2s1. The van der Waals surface area contributed by atoms with Gasteiger partial charge in [-0.2, -0.15) is 0 Å². The van der Waals surface area contributed by atoms with Crippen molar-refractivity contribution in [3.05, 3.63) is 63.8 Å². The van der Waals surface area contributed by atoms with Crippen LogP contribution in [-0.2, 0) is 5.75 Å². The highest BCUT2D eigenvalue weighted by atomic mass is 32.2. The number of thiazole rings is 1. The molecule has 2 aromatic heterocycles. The molecular formula is C17H13N3O2S2. The second-order valence-corrected chi connectivity index (χ2v) is 7.70. The minimum absolute atomic E-state index is 0.107. The highest BCUT2D eigenvalue weighted by Crippen LogP contribution is 2.35. The van der Waals surface area contributed by atoms with Gasteiger partial charge in [0.25, 0.3) is 5.69 Å². The first kappa shape index (κ1) is 15.2. The van der Waals surface area contributed by atoms with E-state index in [0.717, 1.165) is 25.8 Å². The highest BCUT2D eigenvalue weighted by Gasteiger charge is 2.13. The van der Waals surface area contributed by atoms with Crippen LogP contribution in [0.5, 0.6) is 0 Å². The molecule has 5 nitrogen and oxygen atoms in total. The first-order valence-corrected chi connectivity index (χ1v) is 9.16. The summed E-state index contributed by atoms with van der Waals surface area (Å²) in [6.07, 6.45) is 0. The van der Waals surface area contributed by atoms with Crippen LogP contribution in [-0.4, -0.2) is 14.9 Å².